The number of hydrogen-bond donors (Lipinski definition) is 1. The third-order valence-corrected chi connectivity index (χ3v) is 3.50. The maximum absolute atomic E-state index is 13.6. The molecule has 0 aliphatic carbocycles. The number of fused-ring (bicyclic) bond motifs is 3. The second-order valence-corrected chi connectivity index (χ2v) is 4.90. The minimum absolute atomic E-state index is 0.348. The predicted octanol–water partition coefficient (Wildman–Crippen LogP) is 3.40. The van der Waals surface area contributed by atoms with Gasteiger partial charge >= 0.3 is 5.97 Å². The lowest BCUT2D eigenvalue weighted by atomic mass is 10.2. The van der Waals surface area contributed by atoms with Crippen molar-refractivity contribution in [1.82, 2.24) is 9.97 Å². The normalized spacial score (nSPS) is 11.1. The first-order valence-electron chi connectivity index (χ1n) is 5.45. The fourth-order valence-corrected chi connectivity index (χ4v) is 2.34. The van der Waals surface area contributed by atoms with E-state index in [1.165, 1.54) is 19.4 Å². The highest BCUT2D eigenvalue weighted by Gasteiger charge is 2.12. The van der Waals surface area contributed by atoms with E-state index in [-0.39, 0.29) is 5.82 Å². The number of H-pyrrole nitrogens is 1. The average Bonchev–Trinajstić information content (AvgIpc) is 2.75. The number of pyridine rings is 1. The summed E-state index contributed by atoms with van der Waals surface area (Å²) in [6.07, 6.45) is 1.42. The fraction of sp³-hybridized carbons (Fsp3) is 0.0769. The summed E-state index contributed by atoms with van der Waals surface area (Å²) in [6, 6.07) is 4.69. The number of carbonyl (C=O) groups is 1. The van der Waals surface area contributed by atoms with E-state index in [2.05, 4.69) is 30.6 Å². The van der Waals surface area contributed by atoms with Crippen LogP contribution in [0.25, 0.3) is 21.9 Å². The van der Waals surface area contributed by atoms with Crippen LogP contribution in [0.2, 0.25) is 0 Å². The van der Waals surface area contributed by atoms with Crippen LogP contribution in [0.1, 0.15) is 10.4 Å². The molecular formula is C13H8BrFN2O2. The zero-order chi connectivity index (χ0) is 13.6. The van der Waals surface area contributed by atoms with Gasteiger partial charge in [0.25, 0.3) is 0 Å². The summed E-state index contributed by atoms with van der Waals surface area (Å²) < 4.78 is 18.6. The van der Waals surface area contributed by atoms with Gasteiger partial charge in [0.05, 0.1) is 28.2 Å². The van der Waals surface area contributed by atoms with Crippen molar-refractivity contribution in [2.24, 2.45) is 0 Å². The SMILES string of the molecule is COC(=O)c1cnc2c(c1)[nH]c1cc(Br)c(F)cc12. The first-order valence-corrected chi connectivity index (χ1v) is 6.24. The molecule has 0 aliphatic heterocycles. The summed E-state index contributed by atoms with van der Waals surface area (Å²) in [6.45, 7) is 0. The molecule has 6 heteroatoms. The molecule has 0 fully saturated rings. The molecule has 2 heterocycles. The van der Waals surface area contributed by atoms with E-state index in [1.54, 1.807) is 12.1 Å². The highest BCUT2D eigenvalue weighted by atomic mass is 79.9. The summed E-state index contributed by atoms with van der Waals surface area (Å²) in [4.78, 5) is 18.7. The molecule has 19 heavy (non-hydrogen) atoms. The second kappa shape index (κ2) is 4.31. The van der Waals surface area contributed by atoms with E-state index >= 15 is 0 Å². The molecule has 3 rings (SSSR count). The number of esters is 1. The molecule has 1 N–H and O–H groups in total. The first-order chi connectivity index (χ1) is 9.10. The van der Waals surface area contributed by atoms with E-state index < -0.39 is 5.97 Å². The molecule has 0 radical (unpaired) electrons. The molecule has 1 aromatic carbocycles. The van der Waals surface area contributed by atoms with Gasteiger partial charge in [-0.3, -0.25) is 4.98 Å². The Labute approximate surface area is 115 Å². The molecule has 4 nitrogen and oxygen atoms in total. The van der Waals surface area contributed by atoms with Gasteiger partial charge in [0, 0.05) is 17.1 Å². The highest BCUT2D eigenvalue weighted by Crippen LogP contribution is 2.28. The van der Waals surface area contributed by atoms with Gasteiger partial charge in [-0.25, -0.2) is 9.18 Å². The summed E-state index contributed by atoms with van der Waals surface area (Å²) in [5.41, 5.74) is 2.38. The number of rotatable bonds is 1. The Balaban J connectivity index is 2.31. The minimum Gasteiger partial charge on any atom is -0.465 e. The highest BCUT2D eigenvalue weighted by molar-refractivity contribution is 9.10. The number of methoxy groups -OCH3 is 1. The molecular weight excluding hydrogens is 315 g/mol. The molecule has 3 aromatic rings. The summed E-state index contributed by atoms with van der Waals surface area (Å²) in [7, 11) is 1.31. The maximum atomic E-state index is 13.6. The first kappa shape index (κ1) is 12.1. The van der Waals surface area contributed by atoms with E-state index in [9.17, 15) is 9.18 Å². The summed E-state index contributed by atoms with van der Waals surface area (Å²) in [5, 5.41) is 0.673. The number of ether oxygens (including phenoxy) is 1. The lowest BCUT2D eigenvalue weighted by Gasteiger charge is -1.98. The van der Waals surface area contributed by atoms with Gasteiger partial charge in [-0.2, -0.15) is 0 Å². The summed E-state index contributed by atoms with van der Waals surface area (Å²) in [5.74, 6) is -0.812. The standard InChI is InChI=1S/C13H8BrFN2O2/c1-19-13(18)6-2-11-12(16-5-6)7-3-9(15)8(14)4-10(7)17-11/h2-5,17H,1H3. The van der Waals surface area contributed by atoms with Gasteiger partial charge < -0.3 is 9.72 Å². The van der Waals surface area contributed by atoms with Crippen molar-refractivity contribution in [2.45, 2.75) is 0 Å². The van der Waals surface area contributed by atoms with E-state index in [0.29, 0.717) is 26.5 Å². The molecule has 0 amide bonds. The molecule has 0 aliphatic rings. The van der Waals surface area contributed by atoms with Crippen molar-refractivity contribution in [2.75, 3.05) is 7.11 Å². The van der Waals surface area contributed by atoms with Crippen molar-refractivity contribution in [3.8, 4) is 0 Å². The number of nitrogens with one attached hydrogen (secondary N) is 1. The zero-order valence-electron chi connectivity index (χ0n) is 9.83. The van der Waals surface area contributed by atoms with Crippen LogP contribution in [0.5, 0.6) is 0 Å². The van der Waals surface area contributed by atoms with Gasteiger partial charge in [0.1, 0.15) is 5.82 Å². The zero-order valence-corrected chi connectivity index (χ0v) is 11.4. The van der Waals surface area contributed by atoms with E-state index in [1.807, 2.05) is 0 Å². The lowest BCUT2D eigenvalue weighted by Crippen LogP contribution is -2.01. The quantitative estimate of drug-likeness (QED) is 0.698. The van der Waals surface area contributed by atoms with Crippen molar-refractivity contribution in [1.29, 1.82) is 0 Å². The maximum Gasteiger partial charge on any atom is 0.339 e. The second-order valence-electron chi connectivity index (χ2n) is 4.05. The van der Waals surface area contributed by atoms with Crippen LogP contribution in [-0.2, 0) is 4.74 Å². The average molecular weight is 323 g/mol. The van der Waals surface area contributed by atoms with E-state index in [4.69, 9.17) is 0 Å². The van der Waals surface area contributed by atoms with Crippen LogP contribution < -0.4 is 0 Å². The van der Waals surface area contributed by atoms with Crippen LogP contribution in [0.15, 0.2) is 28.9 Å². The Hall–Kier alpha value is -1.95. The number of nitrogens with zero attached hydrogens (tertiary/aromatic N) is 1. The fourth-order valence-electron chi connectivity index (χ4n) is 2.00. The monoisotopic (exact) mass is 322 g/mol. The van der Waals surface area contributed by atoms with Crippen molar-refractivity contribution < 1.29 is 13.9 Å². The van der Waals surface area contributed by atoms with Crippen molar-refractivity contribution in [3.05, 3.63) is 40.2 Å². The van der Waals surface area contributed by atoms with Gasteiger partial charge in [-0.05, 0) is 34.1 Å². The third kappa shape index (κ3) is 1.88. The number of halogens is 2. The molecule has 96 valence electrons. The van der Waals surface area contributed by atoms with Crippen LogP contribution in [0.4, 0.5) is 4.39 Å². The molecule has 0 atom stereocenters. The smallest absolute Gasteiger partial charge is 0.339 e. The largest absolute Gasteiger partial charge is 0.465 e. The Morgan fingerprint density at radius 2 is 2.16 bits per heavy atom. The van der Waals surface area contributed by atoms with Gasteiger partial charge in [0.2, 0.25) is 0 Å². The Kier molecular flexibility index (Phi) is 2.74. The number of carbonyl (C=O) groups excluding carboxylic acids is 1. The molecule has 2 aromatic heterocycles. The molecule has 0 spiro atoms. The topological polar surface area (TPSA) is 55.0 Å². The van der Waals surface area contributed by atoms with Crippen LogP contribution >= 0.6 is 15.9 Å². The number of hydrogen-bond acceptors (Lipinski definition) is 3. The van der Waals surface area contributed by atoms with Crippen molar-refractivity contribution >= 4 is 43.8 Å². The van der Waals surface area contributed by atoms with Crippen LogP contribution in [0, 0.1) is 5.82 Å². The molecule has 0 saturated heterocycles. The summed E-state index contributed by atoms with van der Waals surface area (Å²) >= 11 is 3.13. The molecule has 0 saturated carbocycles. The van der Waals surface area contributed by atoms with E-state index in [0.717, 1.165) is 5.52 Å². The number of benzene rings is 1. The number of aromatic amines is 1. The Morgan fingerprint density at radius 1 is 1.37 bits per heavy atom. The Morgan fingerprint density at radius 3 is 2.89 bits per heavy atom. The van der Waals surface area contributed by atoms with Gasteiger partial charge in [0.15, 0.2) is 0 Å². The van der Waals surface area contributed by atoms with Crippen LogP contribution in [0.3, 0.4) is 0 Å². The molecule has 0 bridgehead atoms. The van der Waals surface area contributed by atoms with Gasteiger partial charge in [-0.15, -0.1) is 0 Å². The van der Waals surface area contributed by atoms with Crippen LogP contribution in [-0.4, -0.2) is 23.0 Å². The van der Waals surface area contributed by atoms with Gasteiger partial charge in [-0.1, -0.05) is 0 Å². The predicted molar refractivity (Wildman–Crippen MR) is 72.6 cm³/mol. The lowest BCUT2D eigenvalue weighted by molar-refractivity contribution is 0.0600. The molecule has 0 unspecified atom stereocenters. The third-order valence-electron chi connectivity index (χ3n) is 2.89. The Bertz CT molecular complexity index is 813. The number of aromatic nitrogens is 2. The minimum atomic E-state index is -0.458. The van der Waals surface area contributed by atoms with Crippen molar-refractivity contribution in [3.63, 3.8) is 0 Å².